The van der Waals surface area contributed by atoms with Gasteiger partial charge in [0.1, 0.15) is 5.69 Å². The second-order valence-corrected chi connectivity index (χ2v) is 3.94. The van der Waals surface area contributed by atoms with E-state index < -0.39 is 5.97 Å². The number of nitrogens with zero attached hydrogens (tertiary/aromatic N) is 1. The fourth-order valence-corrected chi connectivity index (χ4v) is 1.93. The highest BCUT2D eigenvalue weighted by molar-refractivity contribution is 6.02. The number of esters is 1. The number of methoxy groups -OCH3 is 1. The summed E-state index contributed by atoms with van der Waals surface area (Å²) in [7, 11) is 1.30. The Kier molecular flexibility index (Phi) is 2.71. The van der Waals surface area contributed by atoms with Crippen LogP contribution in [0, 0.1) is 6.92 Å². The van der Waals surface area contributed by atoms with Gasteiger partial charge in [-0.2, -0.15) is 0 Å². The van der Waals surface area contributed by atoms with Gasteiger partial charge in [-0.1, -0.05) is 11.6 Å². The Morgan fingerprint density at radius 2 is 1.94 bits per heavy atom. The normalized spacial score (nSPS) is 10.5. The van der Waals surface area contributed by atoms with Gasteiger partial charge in [0, 0.05) is 12.3 Å². The van der Waals surface area contributed by atoms with E-state index in [1.165, 1.54) is 18.6 Å². The van der Waals surface area contributed by atoms with Gasteiger partial charge >= 0.3 is 5.97 Å². The van der Waals surface area contributed by atoms with Crippen LogP contribution in [0.1, 0.15) is 27.8 Å². The fourth-order valence-electron chi connectivity index (χ4n) is 1.93. The Balaban J connectivity index is 2.79. The number of hydrogen-bond donors (Lipinski definition) is 0. The molecule has 4 nitrogen and oxygen atoms in total. The SMILES string of the molecule is COC(=O)c1cc2cc(C)ccc2n1C(C)=O. The molecule has 0 N–H and O–H groups in total. The van der Waals surface area contributed by atoms with Gasteiger partial charge in [0.05, 0.1) is 12.6 Å². The number of fused-ring (bicyclic) bond motifs is 1. The number of ether oxygens (including phenoxy) is 1. The van der Waals surface area contributed by atoms with E-state index >= 15 is 0 Å². The van der Waals surface area contributed by atoms with Crippen molar-refractivity contribution in [2.75, 3.05) is 7.11 Å². The number of aryl methyl sites for hydroxylation is 1. The first-order chi connectivity index (χ1) is 8.04. The Bertz CT molecular complexity index is 610. The Morgan fingerprint density at radius 3 is 2.53 bits per heavy atom. The first-order valence-corrected chi connectivity index (χ1v) is 5.26. The number of hydrogen-bond acceptors (Lipinski definition) is 3. The van der Waals surface area contributed by atoms with Crippen LogP contribution in [0.25, 0.3) is 10.9 Å². The van der Waals surface area contributed by atoms with E-state index in [4.69, 9.17) is 0 Å². The van der Waals surface area contributed by atoms with Crippen LogP contribution in [0.5, 0.6) is 0 Å². The van der Waals surface area contributed by atoms with Gasteiger partial charge in [0.25, 0.3) is 0 Å². The van der Waals surface area contributed by atoms with Crippen molar-refractivity contribution in [1.29, 1.82) is 0 Å². The molecule has 0 spiro atoms. The van der Waals surface area contributed by atoms with Gasteiger partial charge in [-0.25, -0.2) is 4.79 Å². The number of benzene rings is 1. The summed E-state index contributed by atoms with van der Waals surface area (Å²) in [6, 6.07) is 7.35. The molecule has 0 aliphatic carbocycles. The molecule has 0 aliphatic heterocycles. The van der Waals surface area contributed by atoms with Crippen molar-refractivity contribution in [3.63, 3.8) is 0 Å². The maximum absolute atomic E-state index is 11.6. The molecule has 0 saturated carbocycles. The van der Waals surface area contributed by atoms with Crippen molar-refractivity contribution in [1.82, 2.24) is 4.57 Å². The number of carbonyl (C=O) groups excluding carboxylic acids is 2. The number of rotatable bonds is 1. The predicted molar refractivity (Wildman–Crippen MR) is 64.3 cm³/mol. The van der Waals surface area contributed by atoms with E-state index in [1.807, 2.05) is 25.1 Å². The number of aromatic nitrogens is 1. The van der Waals surface area contributed by atoms with E-state index in [0.29, 0.717) is 0 Å². The van der Waals surface area contributed by atoms with Crippen LogP contribution < -0.4 is 0 Å². The minimum atomic E-state index is -0.506. The van der Waals surface area contributed by atoms with Gasteiger partial charge in [0.2, 0.25) is 5.91 Å². The second-order valence-electron chi connectivity index (χ2n) is 3.94. The summed E-state index contributed by atoms with van der Waals surface area (Å²) >= 11 is 0. The van der Waals surface area contributed by atoms with Crippen molar-refractivity contribution in [2.24, 2.45) is 0 Å². The van der Waals surface area contributed by atoms with Crippen molar-refractivity contribution in [3.05, 3.63) is 35.5 Å². The molecule has 0 amide bonds. The molecular formula is C13H13NO3. The summed E-state index contributed by atoms with van der Waals surface area (Å²) < 4.78 is 6.05. The van der Waals surface area contributed by atoms with Gasteiger partial charge < -0.3 is 4.74 Å². The molecular weight excluding hydrogens is 218 g/mol. The second kappa shape index (κ2) is 4.05. The third-order valence-electron chi connectivity index (χ3n) is 2.67. The van der Waals surface area contributed by atoms with Crippen LogP contribution in [0.4, 0.5) is 0 Å². The van der Waals surface area contributed by atoms with Crippen LogP contribution in [-0.2, 0) is 4.74 Å². The van der Waals surface area contributed by atoms with E-state index in [0.717, 1.165) is 16.5 Å². The van der Waals surface area contributed by atoms with E-state index in [9.17, 15) is 9.59 Å². The lowest BCUT2D eigenvalue weighted by Crippen LogP contribution is -2.14. The maximum Gasteiger partial charge on any atom is 0.355 e. The molecule has 4 heteroatoms. The summed E-state index contributed by atoms with van der Waals surface area (Å²) in [5, 5.41) is 0.862. The maximum atomic E-state index is 11.6. The Hall–Kier alpha value is -2.10. The molecule has 2 aromatic rings. The smallest absolute Gasteiger partial charge is 0.355 e. The van der Waals surface area contributed by atoms with Crippen LogP contribution in [0.2, 0.25) is 0 Å². The summed E-state index contributed by atoms with van der Waals surface area (Å²) in [5.74, 6) is -0.710. The molecule has 1 aromatic heterocycles. The molecule has 0 fully saturated rings. The van der Waals surface area contributed by atoms with Crippen molar-refractivity contribution >= 4 is 22.8 Å². The molecule has 0 atom stereocenters. The highest BCUT2D eigenvalue weighted by Gasteiger charge is 2.18. The zero-order valence-corrected chi connectivity index (χ0v) is 9.98. The molecule has 1 heterocycles. The first kappa shape index (κ1) is 11.4. The highest BCUT2D eigenvalue weighted by Crippen LogP contribution is 2.21. The Morgan fingerprint density at radius 1 is 1.24 bits per heavy atom. The first-order valence-electron chi connectivity index (χ1n) is 5.26. The van der Waals surface area contributed by atoms with Gasteiger partial charge in [-0.15, -0.1) is 0 Å². The lowest BCUT2D eigenvalue weighted by molar-refractivity contribution is 0.0583. The van der Waals surface area contributed by atoms with Crippen LogP contribution in [-0.4, -0.2) is 23.6 Å². The van der Waals surface area contributed by atoms with E-state index in [2.05, 4.69) is 4.74 Å². The van der Waals surface area contributed by atoms with Crippen LogP contribution in [0.15, 0.2) is 24.3 Å². The molecule has 17 heavy (non-hydrogen) atoms. The average Bonchev–Trinajstić information content (AvgIpc) is 2.66. The topological polar surface area (TPSA) is 48.3 Å². The van der Waals surface area contributed by atoms with E-state index in [-0.39, 0.29) is 11.6 Å². The lowest BCUT2D eigenvalue weighted by Gasteiger charge is -2.04. The van der Waals surface area contributed by atoms with Crippen LogP contribution in [0.3, 0.4) is 0 Å². The molecule has 88 valence electrons. The third kappa shape index (κ3) is 1.82. The Labute approximate surface area is 98.8 Å². The third-order valence-corrected chi connectivity index (χ3v) is 2.67. The minimum Gasteiger partial charge on any atom is -0.464 e. The van der Waals surface area contributed by atoms with Gasteiger partial charge in [-0.3, -0.25) is 9.36 Å². The summed E-state index contributed by atoms with van der Waals surface area (Å²) in [5.41, 5.74) is 2.07. The monoisotopic (exact) mass is 231 g/mol. The zero-order chi connectivity index (χ0) is 12.6. The predicted octanol–water partition coefficient (Wildman–Crippen LogP) is 2.40. The van der Waals surface area contributed by atoms with Crippen molar-refractivity contribution in [3.8, 4) is 0 Å². The molecule has 0 saturated heterocycles. The summed E-state index contributed by atoms with van der Waals surface area (Å²) in [6.07, 6.45) is 0. The molecule has 0 aliphatic rings. The molecule has 0 unspecified atom stereocenters. The number of carbonyl (C=O) groups is 2. The quantitative estimate of drug-likeness (QED) is 0.708. The zero-order valence-electron chi connectivity index (χ0n) is 9.98. The van der Waals surface area contributed by atoms with Crippen molar-refractivity contribution < 1.29 is 14.3 Å². The summed E-state index contributed by atoms with van der Waals surface area (Å²) in [6.45, 7) is 3.38. The highest BCUT2D eigenvalue weighted by atomic mass is 16.5. The average molecular weight is 231 g/mol. The lowest BCUT2D eigenvalue weighted by atomic mass is 10.2. The minimum absolute atomic E-state index is 0.204. The molecule has 0 bridgehead atoms. The largest absolute Gasteiger partial charge is 0.464 e. The molecule has 1 aromatic carbocycles. The molecule has 0 radical (unpaired) electrons. The van der Waals surface area contributed by atoms with Crippen molar-refractivity contribution in [2.45, 2.75) is 13.8 Å². The van der Waals surface area contributed by atoms with Gasteiger partial charge in [0.15, 0.2) is 0 Å². The standard InChI is InChI=1S/C13H13NO3/c1-8-4-5-11-10(6-8)7-12(13(16)17-3)14(11)9(2)15/h4-7H,1-3H3. The fraction of sp³-hybridized carbons (Fsp3) is 0.231. The van der Waals surface area contributed by atoms with Crippen LogP contribution >= 0.6 is 0 Å². The summed E-state index contributed by atoms with van der Waals surface area (Å²) in [4.78, 5) is 23.2. The molecule has 2 rings (SSSR count). The van der Waals surface area contributed by atoms with E-state index in [1.54, 1.807) is 6.07 Å². The van der Waals surface area contributed by atoms with Gasteiger partial charge in [-0.05, 0) is 25.1 Å².